The molecule has 0 aliphatic rings. The summed E-state index contributed by atoms with van der Waals surface area (Å²) < 4.78 is 0. The average molecular weight is 225 g/mol. The maximum Gasteiger partial charge on any atom is 0.284 e. The second-order valence-electron chi connectivity index (χ2n) is 3.57. The van der Waals surface area contributed by atoms with Crippen LogP contribution >= 0.6 is 0 Å². The van der Waals surface area contributed by atoms with Crippen LogP contribution < -0.4 is 0 Å². The zero-order chi connectivity index (χ0) is 12.3. The van der Waals surface area contributed by atoms with E-state index in [0.29, 0.717) is 11.1 Å². The zero-order valence-electron chi connectivity index (χ0n) is 9.17. The fourth-order valence-electron chi connectivity index (χ4n) is 1.78. The standard InChI is InChI=1S/C14H11NO2/c1-2-11-9-6-10-13(14(11)15(16)17)12-7-4-3-5-8-12/h2-10H,1H2. The third-order valence-electron chi connectivity index (χ3n) is 2.55. The van der Waals surface area contributed by atoms with Crippen LogP contribution in [0.1, 0.15) is 5.56 Å². The number of nitrogens with zero attached hydrogens (tertiary/aromatic N) is 1. The summed E-state index contributed by atoms with van der Waals surface area (Å²) in [6.45, 7) is 3.60. The Morgan fingerprint density at radius 3 is 2.35 bits per heavy atom. The van der Waals surface area contributed by atoms with E-state index in [-0.39, 0.29) is 10.6 Å². The van der Waals surface area contributed by atoms with E-state index in [1.807, 2.05) is 30.3 Å². The van der Waals surface area contributed by atoms with Crippen molar-refractivity contribution in [2.45, 2.75) is 0 Å². The Morgan fingerprint density at radius 1 is 1.06 bits per heavy atom. The minimum atomic E-state index is -0.362. The number of hydrogen-bond acceptors (Lipinski definition) is 2. The number of hydrogen-bond donors (Lipinski definition) is 0. The molecule has 0 aromatic heterocycles. The van der Waals surface area contributed by atoms with E-state index in [9.17, 15) is 10.1 Å². The second-order valence-corrected chi connectivity index (χ2v) is 3.57. The summed E-state index contributed by atoms with van der Waals surface area (Å²) in [5, 5.41) is 11.1. The highest BCUT2D eigenvalue weighted by Gasteiger charge is 2.18. The molecule has 0 unspecified atom stereocenters. The van der Waals surface area contributed by atoms with Crippen molar-refractivity contribution < 1.29 is 4.92 Å². The number of nitro benzene ring substituents is 1. The van der Waals surface area contributed by atoms with Crippen molar-refractivity contribution in [3.8, 4) is 11.1 Å². The molecule has 0 bridgehead atoms. The van der Waals surface area contributed by atoms with Gasteiger partial charge in [-0.1, -0.05) is 49.1 Å². The summed E-state index contributed by atoms with van der Waals surface area (Å²) in [6, 6.07) is 14.6. The molecule has 2 rings (SSSR count). The molecule has 0 saturated heterocycles. The number of rotatable bonds is 3. The average Bonchev–Trinajstić information content (AvgIpc) is 2.38. The van der Waals surface area contributed by atoms with Crippen molar-refractivity contribution in [1.82, 2.24) is 0 Å². The van der Waals surface area contributed by atoms with Gasteiger partial charge in [0.05, 0.1) is 16.1 Å². The molecule has 0 amide bonds. The minimum absolute atomic E-state index is 0.105. The molecular weight excluding hydrogens is 214 g/mol. The lowest BCUT2D eigenvalue weighted by Gasteiger charge is -2.05. The summed E-state index contributed by atoms with van der Waals surface area (Å²) in [5.41, 5.74) is 2.10. The monoisotopic (exact) mass is 225 g/mol. The van der Waals surface area contributed by atoms with Gasteiger partial charge in [0.1, 0.15) is 0 Å². The Bertz CT molecular complexity index is 562. The van der Waals surface area contributed by atoms with Gasteiger partial charge in [-0.2, -0.15) is 0 Å². The van der Waals surface area contributed by atoms with Crippen molar-refractivity contribution in [2.24, 2.45) is 0 Å². The van der Waals surface area contributed by atoms with Crippen molar-refractivity contribution in [2.75, 3.05) is 0 Å². The normalized spacial score (nSPS) is 9.88. The van der Waals surface area contributed by atoms with Crippen LogP contribution in [0, 0.1) is 10.1 Å². The maximum absolute atomic E-state index is 11.1. The molecule has 0 radical (unpaired) electrons. The highest BCUT2D eigenvalue weighted by Crippen LogP contribution is 2.33. The first kappa shape index (κ1) is 11.1. The van der Waals surface area contributed by atoms with E-state index in [1.165, 1.54) is 6.08 Å². The molecule has 0 saturated carbocycles. The molecule has 0 N–H and O–H groups in total. The topological polar surface area (TPSA) is 43.1 Å². The Hall–Kier alpha value is -2.42. The third kappa shape index (κ3) is 2.08. The van der Waals surface area contributed by atoms with Gasteiger partial charge in [-0.05, 0) is 17.7 Å². The van der Waals surface area contributed by atoms with E-state index < -0.39 is 0 Å². The summed E-state index contributed by atoms with van der Waals surface area (Å²) in [4.78, 5) is 10.8. The summed E-state index contributed by atoms with van der Waals surface area (Å²) in [7, 11) is 0. The largest absolute Gasteiger partial charge is 0.284 e. The third-order valence-corrected chi connectivity index (χ3v) is 2.55. The van der Waals surface area contributed by atoms with Crippen LogP contribution in [-0.4, -0.2) is 4.92 Å². The lowest BCUT2D eigenvalue weighted by atomic mass is 10.0. The Kier molecular flexibility index (Phi) is 3.01. The second kappa shape index (κ2) is 4.61. The van der Waals surface area contributed by atoms with E-state index in [0.717, 1.165) is 5.56 Å². The van der Waals surface area contributed by atoms with Gasteiger partial charge >= 0.3 is 0 Å². The van der Waals surface area contributed by atoms with Crippen LogP contribution in [0.5, 0.6) is 0 Å². The van der Waals surface area contributed by atoms with Crippen molar-refractivity contribution in [3.05, 3.63) is 70.8 Å². The predicted octanol–water partition coefficient (Wildman–Crippen LogP) is 3.90. The quantitative estimate of drug-likeness (QED) is 0.587. The van der Waals surface area contributed by atoms with Gasteiger partial charge in [-0.15, -0.1) is 0 Å². The van der Waals surface area contributed by atoms with Gasteiger partial charge in [0.25, 0.3) is 5.69 Å². The predicted molar refractivity (Wildman–Crippen MR) is 68.6 cm³/mol. The molecule has 17 heavy (non-hydrogen) atoms. The lowest BCUT2D eigenvalue weighted by Crippen LogP contribution is -1.94. The first-order valence-corrected chi connectivity index (χ1v) is 5.19. The lowest BCUT2D eigenvalue weighted by molar-refractivity contribution is -0.384. The molecule has 2 aromatic carbocycles. The molecule has 84 valence electrons. The molecule has 0 heterocycles. The van der Waals surface area contributed by atoms with Crippen molar-refractivity contribution in [3.63, 3.8) is 0 Å². The van der Waals surface area contributed by atoms with E-state index >= 15 is 0 Å². The van der Waals surface area contributed by atoms with E-state index in [4.69, 9.17) is 0 Å². The molecule has 3 nitrogen and oxygen atoms in total. The highest BCUT2D eigenvalue weighted by atomic mass is 16.6. The molecule has 0 fully saturated rings. The summed E-state index contributed by atoms with van der Waals surface area (Å²) in [6.07, 6.45) is 1.50. The van der Waals surface area contributed by atoms with Crippen LogP contribution in [-0.2, 0) is 0 Å². The number of para-hydroxylation sites is 1. The summed E-state index contributed by atoms with van der Waals surface area (Å²) >= 11 is 0. The smallest absolute Gasteiger partial charge is 0.258 e. The first-order valence-electron chi connectivity index (χ1n) is 5.19. The Labute approximate surface area is 99.2 Å². The fraction of sp³-hybridized carbons (Fsp3) is 0. The molecule has 0 aliphatic heterocycles. The summed E-state index contributed by atoms with van der Waals surface area (Å²) in [5.74, 6) is 0. The Morgan fingerprint density at radius 2 is 1.76 bits per heavy atom. The minimum Gasteiger partial charge on any atom is -0.258 e. The first-order chi connectivity index (χ1) is 8.24. The molecule has 2 aromatic rings. The van der Waals surface area contributed by atoms with Gasteiger partial charge in [0, 0.05) is 0 Å². The number of nitro groups is 1. The van der Waals surface area contributed by atoms with Crippen LogP contribution in [0.15, 0.2) is 55.1 Å². The molecule has 0 spiro atoms. The van der Waals surface area contributed by atoms with Crippen LogP contribution in [0.25, 0.3) is 17.2 Å². The van der Waals surface area contributed by atoms with Gasteiger partial charge in [-0.3, -0.25) is 10.1 Å². The van der Waals surface area contributed by atoms with E-state index in [1.54, 1.807) is 18.2 Å². The van der Waals surface area contributed by atoms with E-state index in [2.05, 4.69) is 6.58 Å². The molecular formula is C14H11NO2. The molecule has 0 atom stereocenters. The van der Waals surface area contributed by atoms with Gasteiger partial charge in [0.2, 0.25) is 0 Å². The van der Waals surface area contributed by atoms with Crippen LogP contribution in [0.2, 0.25) is 0 Å². The van der Waals surface area contributed by atoms with Gasteiger partial charge in [0.15, 0.2) is 0 Å². The molecule has 3 heteroatoms. The Balaban J connectivity index is 2.70. The van der Waals surface area contributed by atoms with Gasteiger partial charge < -0.3 is 0 Å². The SMILES string of the molecule is C=Cc1cccc(-c2ccccc2)c1[N+](=O)[O-]. The van der Waals surface area contributed by atoms with Crippen LogP contribution in [0.3, 0.4) is 0 Å². The number of benzene rings is 2. The molecule has 0 aliphatic carbocycles. The maximum atomic E-state index is 11.1. The van der Waals surface area contributed by atoms with Crippen LogP contribution in [0.4, 0.5) is 5.69 Å². The fourth-order valence-corrected chi connectivity index (χ4v) is 1.78. The zero-order valence-corrected chi connectivity index (χ0v) is 9.17. The van der Waals surface area contributed by atoms with Crippen molar-refractivity contribution >= 4 is 11.8 Å². The van der Waals surface area contributed by atoms with Gasteiger partial charge in [-0.25, -0.2) is 0 Å². The van der Waals surface area contributed by atoms with Crippen molar-refractivity contribution in [1.29, 1.82) is 0 Å². The highest BCUT2D eigenvalue weighted by molar-refractivity contribution is 5.79.